The molecule has 1 aromatic rings. The standard InChI is InChI=1S/C11H16BFO4/c1-8(2)16-3-4-17-11-6-9(12(14)15)5-10(13)7-11/h5-8,14-15H,3-4H2,1-2H3. The number of rotatable bonds is 6. The lowest BCUT2D eigenvalue weighted by molar-refractivity contribution is 0.0552. The fourth-order valence-corrected chi connectivity index (χ4v) is 1.26. The van der Waals surface area contributed by atoms with Gasteiger partial charge in [-0.05, 0) is 31.4 Å². The van der Waals surface area contributed by atoms with Gasteiger partial charge in [-0.1, -0.05) is 0 Å². The van der Waals surface area contributed by atoms with Gasteiger partial charge in [-0.25, -0.2) is 4.39 Å². The van der Waals surface area contributed by atoms with Gasteiger partial charge in [-0.3, -0.25) is 0 Å². The Labute approximate surface area is 100 Å². The molecular weight excluding hydrogens is 226 g/mol. The zero-order valence-corrected chi connectivity index (χ0v) is 9.89. The minimum atomic E-state index is -1.71. The van der Waals surface area contributed by atoms with Crippen LogP contribution in [0.5, 0.6) is 5.75 Å². The molecule has 0 fully saturated rings. The van der Waals surface area contributed by atoms with Crippen LogP contribution in [0, 0.1) is 5.82 Å². The number of halogens is 1. The maximum Gasteiger partial charge on any atom is 0.488 e. The van der Waals surface area contributed by atoms with Gasteiger partial charge in [0.1, 0.15) is 18.2 Å². The lowest BCUT2D eigenvalue weighted by Gasteiger charge is -2.10. The van der Waals surface area contributed by atoms with Gasteiger partial charge in [-0.2, -0.15) is 0 Å². The molecule has 0 bridgehead atoms. The van der Waals surface area contributed by atoms with Crippen molar-refractivity contribution in [3.05, 3.63) is 24.0 Å². The maximum absolute atomic E-state index is 13.1. The van der Waals surface area contributed by atoms with Gasteiger partial charge in [0.25, 0.3) is 0 Å². The summed E-state index contributed by atoms with van der Waals surface area (Å²) in [5.41, 5.74) is 0.0600. The quantitative estimate of drug-likeness (QED) is 0.556. The van der Waals surface area contributed by atoms with Gasteiger partial charge in [0.15, 0.2) is 0 Å². The fraction of sp³-hybridized carbons (Fsp3) is 0.455. The third-order valence-electron chi connectivity index (χ3n) is 2.00. The molecule has 0 amide bonds. The second-order valence-corrected chi connectivity index (χ2v) is 3.86. The molecule has 0 aliphatic heterocycles. The first-order valence-electron chi connectivity index (χ1n) is 5.40. The van der Waals surface area contributed by atoms with E-state index < -0.39 is 12.9 Å². The molecule has 4 nitrogen and oxygen atoms in total. The van der Waals surface area contributed by atoms with E-state index in [0.29, 0.717) is 6.61 Å². The van der Waals surface area contributed by atoms with Crippen LogP contribution in [0.2, 0.25) is 0 Å². The van der Waals surface area contributed by atoms with Gasteiger partial charge in [0, 0.05) is 6.07 Å². The van der Waals surface area contributed by atoms with Crippen molar-refractivity contribution in [3.63, 3.8) is 0 Å². The van der Waals surface area contributed by atoms with E-state index >= 15 is 0 Å². The first-order valence-corrected chi connectivity index (χ1v) is 5.40. The molecule has 94 valence electrons. The predicted octanol–water partition coefficient (Wildman–Crippen LogP) is 0.309. The van der Waals surface area contributed by atoms with Crippen LogP contribution in [0.15, 0.2) is 18.2 Å². The molecule has 0 unspecified atom stereocenters. The molecule has 2 N–H and O–H groups in total. The van der Waals surface area contributed by atoms with Crippen LogP contribution in [0.25, 0.3) is 0 Å². The highest BCUT2D eigenvalue weighted by atomic mass is 19.1. The van der Waals surface area contributed by atoms with E-state index in [-0.39, 0.29) is 23.9 Å². The van der Waals surface area contributed by atoms with Crippen LogP contribution in [-0.2, 0) is 4.74 Å². The summed E-state index contributed by atoms with van der Waals surface area (Å²) in [6.07, 6.45) is 0.112. The van der Waals surface area contributed by atoms with Gasteiger partial charge in [0.05, 0.1) is 12.7 Å². The lowest BCUT2D eigenvalue weighted by atomic mass is 9.80. The molecule has 0 aliphatic carbocycles. The van der Waals surface area contributed by atoms with E-state index in [1.54, 1.807) is 0 Å². The first-order chi connectivity index (χ1) is 7.99. The zero-order valence-electron chi connectivity index (χ0n) is 9.89. The summed E-state index contributed by atoms with van der Waals surface area (Å²) >= 11 is 0. The smallest absolute Gasteiger partial charge is 0.488 e. The summed E-state index contributed by atoms with van der Waals surface area (Å²) in [4.78, 5) is 0. The van der Waals surface area contributed by atoms with Crippen LogP contribution in [-0.4, -0.2) is 36.5 Å². The van der Waals surface area contributed by atoms with Crippen LogP contribution in [0.4, 0.5) is 4.39 Å². The van der Waals surface area contributed by atoms with E-state index in [0.717, 1.165) is 6.07 Å². The molecule has 1 aromatic carbocycles. The van der Waals surface area contributed by atoms with Crippen LogP contribution >= 0.6 is 0 Å². The Morgan fingerprint density at radius 3 is 2.53 bits per heavy atom. The van der Waals surface area contributed by atoms with E-state index in [9.17, 15) is 4.39 Å². The minimum absolute atomic E-state index is 0.0600. The fourth-order valence-electron chi connectivity index (χ4n) is 1.26. The Balaban J connectivity index is 2.53. The topological polar surface area (TPSA) is 58.9 Å². The Morgan fingerprint density at radius 1 is 1.24 bits per heavy atom. The summed E-state index contributed by atoms with van der Waals surface area (Å²) in [6, 6.07) is 3.60. The van der Waals surface area contributed by atoms with Gasteiger partial charge in [-0.15, -0.1) is 0 Å². The molecule has 0 atom stereocenters. The van der Waals surface area contributed by atoms with Crippen molar-refractivity contribution in [1.82, 2.24) is 0 Å². The van der Waals surface area contributed by atoms with Crippen molar-refractivity contribution in [2.24, 2.45) is 0 Å². The summed E-state index contributed by atoms with van der Waals surface area (Å²) in [5, 5.41) is 17.9. The molecule has 0 heterocycles. The third kappa shape index (κ3) is 5.17. The largest absolute Gasteiger partial charge is 0.491 e. The van der Waals surface area contributed by atoms with Gasteiger partial charge >= 0.3 is 7.12 Å². The van der Waals surface area contributed by atoms with E-state index in [1.807, 2.05) is 13.8 Å². The predicted molar refractivity (Wildman–Crippen MR) is 62.8 cm³/mol. The van der Waals surface area contributed by atoms with Crippen LogP contribution < -0.4 is 10.2 Å². The highest BCUT2D eigenvalue weighted by Crippen LogP contribution is 2.11. The van der Waals surface area contributed by atoms with Crippen molar-refractivity contribution in [2.75, 3.05) is 13.2 Å². The lowest BCUT2D eigenvalue weighted by Crippen LogP contribution is -2.30. The molecule has 0 aliphatic rings. The summed E-state index contributed by atoms with van der Waals surface area (Å²) in [6.45, 7) is 4.48. The molecule has 17 heavy (non-hydrogen) atoms. The highest BCUT2D eigenvalue weighted by molar-refractivity contribution is 6.58. The average Bonchev–Trinajstić information content (AvgIpc) is 2.23. The number of hydrogen-bond acceptors (Lipinski definition) is 4. The molecule has 6 heteroatoms. The minimum Gasteiger partial charge on any atom is -0.491 e. The molecular formula is C11H16BFO4. The Bertz CT molecular complexity index is 357. The van der Waals surface area contributed by atoms with E-state index in [4.69, 9.17) is 19.5 Å². The second kappa shape index (κ2) is 6.59. The molecule has 0 saturated carbocycles. The number of hydrogen-bond donors (Lipinski definition) is 2. The van der Waals surface area contributed by atoms with Crippen molar-refractivity contribution >= 4 is 12.6 Å². The normalized spacial score (nSPS) is 10.7. The van der Waals surface area contributed by atoms with Gasteiger partial charge in [0.2, 0.25) is 0 Å². The van der Waals surface area contributed by atoms with Crippen molar-refractivity contribution in [2.45, 2.75) is 20.0 Å². The SMILES string of the molecule is CC(C)OCCOc1cc(F)cc(B(O)O)c1. The molecule has 0 radical (unpaired) electrons. The van der Waals surface area contributed by atoms with E-state index in [2.05, 4.69) is 0 Å². The Kier molecular flexibility index (Phi) is 5.41. The Morgan fingerprint density at radius 2 is 1.94 bits per heavy atom. The number of ether oxygens (including phenoxy) is 2. The molecule has 1 rings (SSSR count). The summed E-state index contributed by atoms with van der Waals surface area (Å²) < 4.78 is 23.6. The van der Waals surface area contributed by atoms with Crippen molar-refractivity contribution in [3.8, 4) is 5.75 Å². The van der Waals surface area contributed by atoms with Crippen molar-refractivity contribution < 1.29 is 23.9 Å². The van der Waals surface area contributed by atoms with Crippen LogP contribution in [0.3, 0.4) is 0 Å². The Hall–Kier alpha value is -1.11. The van der Waals surface area contributed by atoms with Crippen LogP contribution in [0.1, 0.15) is 13.8 Å². The molecule has 0 spiro atoms. The monoisotopic (exact) mass is 242 g/mol. The summed E-state index contributed by atoms with van der Waals surface area (Å²) in [5.74, 6) is -0.323. The summed E-state index contributed by atoms with van der Waals surface area (Å²) in [7, 11) is -1.71. The molecule has 0 aromatic heterocycles. The van der Waals surface area contributed by atoms with E-state index in [1.165, 1.54) is 12.1 Å². The second-order valence-electron chi connectivity index (χ2n) is 3.86. The third-order valence-corrected chi connectivity index (χ3v) is 2.00. The van der Waals surface area contributed by atoms with Gasteiger partial charge < -0.3 is 19.5 Å². The highest BCUT2D eigenvalue weighted by Gasteiger charge is 2.13. The average molecular weight is 242 g/mol. The maximum atomic E-state index is 13.1. The molecule has 0 saturated heterocycles. The zero-order chi connectivity index (χ0) is 12.8. The number of benzene rings is 1. The first kappa shape index (κ1) is 14.0. The van der Waals surface area contributed by atoms with Crippen molar-refractivity contribution in [1.29, 1.82) is 0 Å².